The first-order valence-electron chi connectivity index (χ1n) is 20.6. The van der Waals surface area contributed by atoms with Crippen molar-refractivity contribution in [1.29, 1.82) is 0 Å². The van der Waals surface area contributed by atoms with Gasteiger partial charge in [-0.05, 0) is 131 Å². The van der Waals surface area contributed by atoms with Crippen LogP contribution in [0, 0.1) is 0 Å². The minimum absolute atomic E-state index is 0.00394. The smallest absolute Gasteiger partial charge is 0.0473 e. The number of nitrogens with zero attached hydrogens (tertiary/aromatic N) is 1. The average Bonchev–Trinajstić information content (AvgIpc) is 3.36. The summed E-state index contributed by atoms with van der Waals surface area (Å²) in [5, 5.41) is 0. The number of anilines is 3. The van der Waals surface area contributed by atoms with Crippen molar-refractivity contribution in [1.82, 2.24) is 0 Å². The molecule has 0 bridgehead atoms. The van der Waals surface area contributed by atoms with Gasteiger partial charge in [0.1, 0.15) is 0 Å². The maximum atomic E-state index is 2.48. The van der Waals surface area contributed by atoms with E-state index in [0.717, 1.165) is 17.1 Å². The van der Waals surface area contributed by atoms with Crippen LogP contribution in [0.15, 0.2) is 127 Å². The second kappa shape index (κ2) is 13.7. The monoisotopic (exact) mass is 737 g/mol. The molecule has 0 fully saturated rings. The molecule has 0 saturated carbocycles. The van der Waals surface area contributed by atoms with Gasteiger partial charge in [0.05, 0.1) is 0 Å². The summed E-state index contributed by atoms with van der Waals surface area (Å²) >= 11 is 0. The molecule has 1 heteroatoms. The summed E-state index contributed by atoms with van der Waals surface area (Å²) in [6.07, 6.45) is 0. The molecule has 0 radical (unpaired) electrons. The zero-order chi connectivity index (χ0) is 40.6. The average molecular weight is 738 g/mol. The zero-order valence-corrected chi connectivity index (χ0v) is 36.6. The Kier molecular flexibility index (Phi) is 9.59. The van der Waals surface area contributed by atoms with E-state index < -0.39 is 0 Å². The van der Waals surface area contributed by atoms with Crippen LogP contribution in [0.25, 0.3) is 33.4 Å². The third-order valence-electron chi connectivity index (χ3n) is 12.0. The predicted octanol–water partition coefficient (Wildman–Crippen LogP) is 16.0. The largest absolute Gasteiger partial charge is 0.310 e. The van der Waals surface area contributed by atoms with Crippen LogP contribution in [0.2, 0.25) is 0 Å². The number of hydrogen-bond donors (Lipinski definition) is 0. The van der Waals surface area contributed by atoms with Crippen LogP contribution >= 0.6 is 0 Å². The molecule has 288 valence electrons. The standard InChI is InChI=1S/C55H63N/c1-51(2,3)40-27-38(28-41(33-40)52(4,5)6)36-26-37(39-29-42(53(7,8)9)34-43(30-39)54(10,11)12)32-46(31-36)56(44-20-16-15-17-21-44)45-24-25-48-47-22-18-19-23-49(47)55(13,14)50(48)35-45/h15-35H,1-14H3. The molecule has 0 aromatic heterocycles. The maximum absolute atomic E-state index is 2.48. The summed E-state index contributed by atoms with van der Waals surface area (Å²) in [6, 6.07) is 48.9. The van der Waals surface area contributed by atoms with E-state index in [9.17, 15) is 0 Å². The Bertz CT molecular complexity index is 2250. The van der Waals surface area contributed by atoms with E-state index in [1.807, 2.05) is 0 Å². The number of rotatable bonds is 5. The number of para-hydroxylation sites is 1. The summed E-state index contributed by atoms with van der Waals surface area (Å²) < 4.78 is 0. The van der Waals surface area contributed by atoms with Gasteiger partial charge in [0.15, 0.2) is 0 Å². The summed E-state index contributed by atoms with van der Waals surface area (Å²) in [5.41, 5.74) is 19.2. The van der Waals surface area contributed by atoms with Crippen molar-refractivity contribution in [2.24, 2.45) is 0 Å². The predicted molar refractivity (Wildman–Crippen MR) is 244 cm³/mol. The summed E-state index contributed by atoms with van der Waals surface area (Å²) in [5.74, 6) is 0. The highest BCUT2D eigenvalue weighted by molar-refractivity contribution is 5.88. The highest BCUT2D eigenvalue weighted by Gasteiger charge is 2.36. The van der Waals surface area contributed by atoms with Crippen molar-refractivity contribution < 1.29 is 0 Å². The SMILES string of the molecule is CC(C)(C)c1cc(-c2cc(-c3cc(C(C)(C)C)cc(C(C)(C)C)c3)cc(N(c3ccccc3)c3ccc4c(c3)C(C)(C)c3ccccc3-4)c2)cc(C(C)(C)C)c1. The minimum atomic E-state index is -0.106. The maximum Gasteiger partial charge on any atom is 0.0473 e. The van der Waals surface area contributed by atoms with E-state index in [2.05, 4.69) is 229 Å². The molecule has 0 N–H and O–H groups in total. The number of benzene rings is 6. The van der Waals surface area contributed by atoms with Gasteiger partial charge in [0.25, 0.3) is 0 Å². The van der Waals surface area contributed by atoms with Crippen LogP contribution in [0.3, 0.4) is 0 Å². The lowest BCUT2D eigenvalue weighted by molar-refractivity contribution is 0.568. The quantitative estimate of drug-likeness (QED) is 0.170. The molecule has 6 aromatic carbocycles. The molecule has 0 atom stereocenters. The molecule has 0 saturated heterocycles. The van der Waals surface area contributed by atoms with E-state index in [1.165, 1.54) is 66.8 Å². The van der Waals surface area contributed by atoms with Crippen LogP contribution in [-0.2, 0) is 27.1 Å². The van der Waals surface area contributed by atoms with Crippen LogP contribution < -0.4 is 4.90 Å². The Morgan fingerprint density at radius 1 is 0.339 bits per heavy atom. The van der Waals surface area contributed by atoms with Crippen molar-refractivity contribution in [2.45, 2.75) is 124 Å². The van der Waals surface area contributed by atoms with E-state index in [1.54, 1.807) is 0 Å². The van der Waals surface area contributed by atoms with Crippen LogP contribution in [0.4, 0.5) is 17.1 Å². The molecular formula is C55H63N. The summed E-state index contributed by atoms with van der Waals surface area (Å²) in [7, 11) is 0. The minimum Gasteiger partial charge on any atom is -0.310 e. The van der Waals surface area contributed by atoms with E-state index >= 15 is 0 Å². The van der Waals surface area contributed by atoms with E-state index in [-0.39, 0.29) is 27.1 Å². The van der Waals surface area contributed by atoms with Gasteiger partial charge >= 0.3 is 0 Å². The Morgan fingerprint density at radius 3 is 1.21 bits per heavy atom. The lowest BCUT2D eigenvalue weighted by Crippen LogP contribution is -2.17. The second-order valence-electron chi connectivity index (χ2n) is 20.9. The summed E-state index contributed by atoms with van der Waals surface area (Å²) in [4.78, 5) is 2.48. The molecule has 1 nitrogen and oxygen atoms in total. The topological polar surface area (TPSA) is 3.24 Å². The fourth-order valence-corrected chi connectivity index (χ4v) is 8.25. The van der Waals surface area contributed by atoms with Gasteiger partial charge in [0, 0.05) is 22.5 Å². The molecule has 0 amide bonds. The van der Waals surface area contributed by atoms with Crippen LogP contribution in [0.1, 0.15) is 130 Å². The van der Waals surface area contributed by atoms with Crippen molar-refractivity contribution in [3.63, 3.8) is 0 Å². The molecule has 7 rings (SSSR count). The Labute approximate surface area is 338 Å². The van der Waals surface area contributed by atoms with Crippen molar-refractivity contribution in [2.75, 3.05) is 4.90 Å². The second-order valence-corrected chi connectivity index (χ2v) is 20.9. The van der Waals surface area contributed by atoms with Crippen molar-refractivity contribution in [3.05, 3.63) is 161 Å². The molecule has 0 spiro atoms. The van der Waals surface area contributed by atoms with Crippen LogP contribution in [-0.4, -0.2) is 0 Å². The summed E-state index contributed by atoms with van der Waals surface area (Å²) in [6.45, 7) is 32.7. The third-order valence-corrected chi connectivity index (χ3v) is 12.0. The molecular weight excluding hydrogens is 675 g/mol. The van der Waals surface area contributed by atoms with Gasteiger partial charge < -0.3 is 4.90 Å². The fourth-order valence-electron chi connectivity index (χ4n) is 8.25. The third kappa shape index (κ3) is 7.50. The molecule has 56 heavy (non-hydrogen) atoms. The first-order chi connectivity index (χ1) is 26.0. The molecule has 0 heterocycles. The number of hydrogen-bond acceptors (Lipinski definition) is 1. The lowest BCUT2D eigenvalue weighted by Gasteiger charge is -2.30. The van der Waals surface area contributed by atoms with Gasteiger partial charge in [-0.3, -0.25) is 0 Å². The fraction of sp³-hybridized carbons (Fsp3) is 0.345. The Morgan fingerprint density at radius 2 is 0.750 bits per heavy atom. The zero-order valence-electron chi connectivity index (χ0n) is 36.6. The molecule has 0 unspecified atom stereocenters. The van der Waals surface area contributed by atoms with Gasteiger partial charge in [-0.15, -0.1) is 0 Å². The Hall–Kier alpha value is -4.88. The van der Waals surface area contributed by atoms with Crippen molar-refractivity contribution >= 4 is 17.1 Å². The molecule has 6 aromatic rings. The first-order valence-corrected chi connectivity index (χ1v) is 20.6. The van der Waals surface area contributed by atoms with Gasteiger partial charge in [-0.2, -0.15) is 0 Å². The highest BCUT2D eigenvalue weighted by Crippen LogP contribution is 2.51. The molecule has 0 aliphatic heterocycles. The van der Waals surface area contributed by atoms with E-state index in [4.69, 9.17) is 0 Å². The Balaban J connectivity index is 1.54. The van der Waals surface area contributed by atoms with Gasteiger partial charge in [-0.25, -0.2) is 0 Å². The normalized spacial score (nSPS) is 14.0. The number of fused-ring (bicyclic) bond motifs is 3. The lowest BCUT2D eigenvalue weighted by atomic mass is 9.78. The molecule has 1 aliphatic rings. The molecule has 1 aliphatic carbocycles. The van der Waals surface area contributed by atoms with E-state index in [0.29, 0.717) is 0 Å². The first kappa shape index (κ1) is 39.4. The van der Waals surface area contributed by atoms with Crippen LogP contribution in [0.5, 0.6) is 0 Å². The van der Waals surface area contributed by atoms with Crippen molar-refractivity contribution in [3.8, 4) is 33.4 Å². The van der Waals surface area contributed by atoms with Gasteiger partial charge in [-0.1, -0.05) is 182 Å². The highest BCUT2D eigenvalue weighted by atomic mass is 15.1. The van der Waals surface area contributed by atoms with Gasteiger partial charge in [0.2, 0.25) is 0 Å².